The van der Waals surface area contributed by atoms with Crippen LogP contribution in [0.1, 0.15) is 24.2 Å². The van der Waals surface area contributed by atoms with E-state index < -0.39 is 0 Å². The second kappa shape index (κ2) is 5.73. The summed E-state index contributed by atoms with van der Waals surface area (Å²) < 4.78 is 10.6. The Morgan fingerprint density at radius 3 is 2.53 bits per heavy atom. The van der Waals surface area contributed by atoms with Gasteiger partial charge in [0.25, 0.3) is 0 Å². The Bertz CT molecular complexity index is 308. The molecular formula is C12H19NO2. The molecule has 0 saturated heterocycles. The van der Waals surface area contributed by atoms with E-state index in [9.17, 15) is 0 Å². The Morgan fingerprint density at radius 2 is 2.07 bits per heavy atom. The molecule has 0 heterocycles. The molecule has 0 aliphatic heterocycles. The van der Waals surface area contributed by atoms with Gasteiger partial charge in [0.15, 0.2) is 0 Å². The summed E-state index contributed by atoms with van der Waals surface area (Å²) in [5.41, 5.74) is 7.94. The molecule has 1 rings (SSSR count). The van der Waals surface area contributed by atoms with Gasteiger partial charge in [-0.3, -0.25) is 0 Å². The lowest BCUT2D eigenvalue weighted by molar-refractivity contribution is 0.108. The molecule has 1 atom stereocenters. The minimum atomic E-state index is -0.0913. The van der Waals surface area contributed by atoms with Gasteiger partial charge in [-0.1, -0.05) is 13.0 Å². The van der Waals surface area contributed by atoms with E-state index in [1.54, 1.807) is 14.2 Å². The predicted octanol–water partition coefficient (Wildman–Crippen LogP) is 1.90. The van der Waals surface area contributed by atoms with E-state index in [0.29, 0.717) is 6.54 Å². The molecule has 0 fully saturated rings. The van der Waals surface area contributed by atoms with E-state index in [-0.39, 0.29) is 6.10 Å². The summed E-state index contributed by atoms with van der Waals surface area (Å²) in [4.78, 5) is 0. The Balaban J connectivity index is 3.09. The molecular weight excluding hydrogens is 190 g/mol. The van der Waals surface area contributed by atoms with Crippen LogP contribution in [0.2, 0.25) is 0 Å². The lowest BCUT2D eigenvalue weighted by Crippen LogP contribution is -2.15. The molecule has 0 amide bonds. The van der Waals surface area contributed by atoms with Crippen molar-refractivity contribution in [2.75, 3.05) is 20.8 Å². The van der Waals surface area contributed by atoms with E-state index >= 15 is 0 Å². The first kappa shape index (κ1) is 12.0. The summed E-state index contributed by atoms with van der Waals surface area (Å²) >= 11 is 0. The van der Waals surface area contributed by atoms with Crippen molar-refractivity contribution in [1.29, 1.82) is 0 Å². The third-order valence-corrected chi connectivity index (χ3v) is 2.55. The van der Waals surface area contributed by atoms with Crippen molar-refractivity contribution in [1.82, 2.24) is 0 Å². The van der Waals surface area contributed by atoms with Crippen LogP contribution in [-0.2, 0) is 11.2 Å². The molecule has 0 radical (unpaired) electrons. The van der Waals surface area contributed by atoms with Gasteiger partial charge in [-0.05, 0) is 24.1 Å². The first-order valence-electron chi connectivity index (χ1n) is 5.16. The van der Waals surface area contributed by atoms with Gasteiger partial charge < -0.3 is 15.2 Å². The van der Waals surface area contributed by atoms with E-state index in [2.05, 4.69) is 19.1 Å². The van der Waals surface area contributed by atoms with Crippen molar-refractivity contribution in [3.63, 3.8) is 0 Å². The normalized spacial score (nSPS) is 12.5. The van der Waals surface area contributed by atoms with Crippen molar-refractivity contribution in [2.24, 2.45) is 5.73 Å². The molecule has 1 aromatic carbocycles. The monoisotopic (exact) mass is 209 g/mol. The fourth-order valence-electron chi connectivity index (χ4n) is 1.61. The van der Waals surface area contributed by atoms with Gasteiger partial charge in [0.05, 0.1) is 13.2 Å². The molecule has 84 valence electrons. The highest BCUT2D eigenvalue weighted by molar-refractivity contribution is 5.39. The maximum absolute atomic E-state index is 5.65. The number of aryl methyl sites for hydroxylation is 1. The number of ether oxygens (including phenoxy) is 2. The third kappa shape index (κ3) is 2.70. The smallest absolute Gasteiger partial charge is 0.124 e. The Morgan fingerprint density at radius 1 is 1.33 bits per heavy atom. The number of rotatable bonds is 5. The van der Waals surface area contributed by atoms with Crippen LogP contribution in [0.4, 0.5) is 0 Å². The minimum absolute atomic E-state index is 0.0913. The summed E-state index contributed by atoms with van der Waals surface area (Å²) in [6.07, 6.45) is 0.907. The van der Waals surface area contributed by atoms with Crippen molar-refractivity contribution in [3.8, 4) is 5.75 Å². The number of hydrogen-bond acceptors (Lipinski definition) is 3. The second-order valence-corrected chi connectivity index (χ2v) is 3.39. The van der Waals surface area contributed by atoms with Crippen LogP contribution in [0, 0.1) is 0 Å². The fraction of sp³-hybridized carbons (Fsp3) is 0.500. The first-order valence-corrected chi connectivity index (χ1v) is 5.16. The van der Waals surface area contributed by atoms with Crippen LogP contribution in [-0.4, -0.2) is 20.8 Å². The van der Waals surface area contributed by atoms with Crippen LogP contribution in [0.15, 0.2) is 18.2 Å². The fourth-order valence-corrected chi connectivity index (χ4v) is 1.61. The molecule has 0 spiro atoms. The van der Waals surface area contributed by atoms with Crippen molar-refractivity contribution in [3.05, 3.63) is 29.3 Å². The van der Waals surface area contributed by atoms with Crippen molar-refractivity contribution in [2.45, 2.75) is 19.4 Å². The highest BCUT2D eigenvalue weighted by Gasteiger charge is 2.14. The van der Waals surface area contributed by atoms with Gasteiger partial charge in [-0.2, -0.15) is 0 Å². The second-order valence-electron chi connectivity index (χ2n) is 3.39. The standard InChI is InChI=1S/C12H19NO2/c1-4-9-5-6-11(14-2)10(7-9)12(8-13)15-3/h5-7,12H,4,8,13H2,1-3H3. The quantitative estimate of drug-likeness (QED) is 0.805. The summed E-state index contributed by atoms with van der Waals surface area (Å²) in [6, 6.07) is 6.13. The molecule has 0 aliphatic carbocycles. The number of methoxy groups -OCH3 is 2. The molecule has 2 N–H and O–H groups in total. The van der Waals surface area contributed by atoms with Crippen molar-refractivity contribution >= 4 is 0 Å². The maximum atomic E-state index is 5.65. The molecule has 0 bridgehead atoms. The average molecular weight is 209 g/mol. The SMILES string of the molecule is CCc1ccc(OC)c(C(CN)OC)c1. The molecule has 3 nitrogen and oxygen atoms in total. The maximum Gasteiger partial charge on any atom is 0.124 e. The lowest BCUT2D eigenvalue weighted by Gasteiger charge is -2.17. The van der Waals surface area contributed by atoms with E-state index in [1.165, 1.54) is 5.56 Å². The number of benzene rings is 1. The van der Waals surface area contributed by atoms with E-state index in [0.717, 1.165) is 17.7 Å². The molecule has 3 heteroatoms. The summed E-state index contributed by atoms with van der Waals surface area (Å²) in [5, 5.41) is 0. The van der Waals surface area contributed by atoms with Gasteiger partial charge in [-0.25, -0.2) is 0 Å². The zero-order valence-corrected chi connectivity index (χ0v) is 9.62. The summed E-state index contributed by atoms with van der Waals surface area (Å²) in [6.45, 7) is 2.58. The van der Waals surface area contributed by atoms with Gasteiger partial charge >= 0.3 is 0 Å². The van der Waals surface area contributed by atoms with Gasteiger partial charge in [0.2, 0.25) is 0 Å². The Hall–Kier alpha value is -1.06. The van der Waals surface area contributed by atoms with Gasteiger partial charge in [-0.15, -0.1) is 0 Å². The first-order chi connectivity index (χ1) is 7.26. The summed E-state index contributed by atoms with van der Waals surface area (Å²) in [7, 11) is 3.32. The van der Waals surface area contributed by atoms with Crippen LogP contribution >= 0.6 is 0 Å². The highest BCUT2D eigenvalue weighted by Crippen LogP contribution is 2.27. The lowest BCUT2D eigenvalue weighted by atomic mass is 10.0. The zero-order chi connectivity index (χ0) is 11.3. The molecule has 0 saturated carbocycles. The Labute approximate surface area is 91.2 Å². The molecule has 1 unspecified atom stereocenters. The third-order valence-electron chi connectivity index (χ3n) is 2.55. The van der Waals surface area contributed by atoms with Crippen LogP contribution in [0.3, 0.4) is 0 Å². The predicted molar refractivity (Wildman–Crippen MR) is 61.2 cm³/mol. The van der Waals surface area contributed by atoms with Crippen molar-refractivity contribution < 1.29 is 9.47 Å². The van der Waals surface area contributed by atoms with Gasteiger partial charge in [0.1, 0.15) is 5.75 Å². The van der Waals surface area contributed by atoms with E-state index in [1.807, 2.05) is 6.07 Å². The number of hydrogen-bond donors (Lipinski definition) is 1. The van der Waals surface area contributed by atoms with Crippen LogP contribution in [0.25, 0.3) is 0 Å². The molecule has 0 aromatic heterocycles. The van der Waals surface area contributed by atoms with E-state index in [4.69, 9.17) is 15.2 Å². The molecule has 1 aromatic rings. The Kier molecular flexibility index (Phi) is 4.59. The largest absolute Gasteiger partial charge is 0.496 e. The summed E-state index contributed by atoms with van der Waals surface area (Å²) in [5.74, 6) is 0.838. The molecule has 15 heavy (non-hydrogen) atoms. The topological polar surface area (TPSA) is 44.5 Å². The van der Waals surface area contributed by atoms with Crippen LogP contribution in [0.5, 0.6) is 5.75 Å². The zero-order valence-electron chi connectivity index (χ0n) is 9.62. The van der Waals surface area contributed by atoms with Crippen LogP contribution < -0.4 is 10.5 Å². The minimum Gasteiger partial charge on any atom is -0.496 e. The average Bonchev–Trinajstić information content (AvgIpc) is 2.30. The number of nitrogens with two attached hydrogens (primary N) is 1. The molecule has 0 aliphatic rings. The highest BCUT2D eigenvalue weighted by atomic mass is 16.5. The van der Waals surface area contributed by atoms with Gasteiger partial charge in [0, 0.05) is 19.2 Å².